The molecule has 25 heavy (non-hydrogen) atoms. The van der Waals surface area contributed by atoms with E-state index in [1.807, 2.05) is 0 Å². The van der Waals surface area contributed by atoms with E-state index in [2.05, 4.69) is 11.7 Å². The molecule has 2 aromatic rings. The Morgan fingerprint density at radius 2 is 1.96 bits per heavy atom. The number of hydrogen-bond acceptors (Lipinski definition) is 2. The predicted molar refractivity (Wildman–Crippen MR) is 92.1 cm³/mol. The van der Waals surface area contributed by atoms with Gasteiger partial charge in [0.1, 0.15) is 11.0 Å². The van der Waals surface area contributed by atoms with Crippen molar-refractivity contribution in [2.24, 2.45) is 5.14 Å². The van der Waals surface area contributed by atoms with E-state index in [9.17, 15) is 17.4 Å². The molecule has 2 N–H and O–H groups in total. The zero-order valence-corrected chi connectivity index (χ0v) is 14.1. The molecule has 0 fully saturated rings. The lowest BCUT2D eigenvalue weighted by Crippen LogP contribution is -2.08. The quantitative estimate of drug-likeness (QED) is 0.812. The summed E-state index contributed by atoms with van der Waals surface area (Å²) < 4.78 is 51.7. The van der Waals surface area contributed by atoms with Crippen LogP contribution in [-0.4, -0.2) is 14.0 Å². The minimum absolute atomic E-state index is 0.238. The molecule has 1 heterocycles. The Morgan fingerprint density at radius 3 is 2.44 bits per heavy atom. The number of alkyl halides is 3. The highest BCUT2D eigenvalue weighted by molar-refractivity contribution is 7.82. The number of nitrogens with two attached hydrogens (primary N) is 1. The van der Waals surface area contributed by atoms with Crippen molar-refractivity contribution in [1.82, 2.24) is 9.78 Å². The molecule has 0 aliphatic rings. The highest BCUT2D eigenvalue weighted by Crippen LogP contribution is 2.32. The number of aromatic nitrogens is 2. The summed E-state index contributed by atoms with van der Waals surface area (Å²) in [6.45, 7) is 5.45. The minimum atomic E-state index is -4.58. The van der Waals surface area contributed by atoms with Crippen LogP contribution in [0.15, 0.2) is 66.1 Å². The van der Waals surface area contributed by atoms with Crippen LogP contribution in [0, 0.1) is 0 Å². The van der Waals surface area contributed by atoms with Crippen LogP contribution >= 0.6 is 0 Å². The second-order valence-electron chi connectivity index (χ2n) is 4.97. The zero-order valence-electron chi connectivity index (χ0n) is 13.3. The summed E-state index contributed by atoms with van der Waals surface area (Å²) in [7, 11) is -1.67. The van der Waals surface area contributed by atoms with Crippen molar-refractivity contribution in [3.8, 4) is 5.69 Å². The smallest absolute Gasteiger partial charge is 0.248 e. The summed E-state index contributed by atoms with van der Waals surface area (Å²) in [5.41, 5.74) is 0.0877. The first-order chi connectivity index (χ1) is 11.8. The standard InChI is InChI=1S/C17H16F3N3OS/c1-3-5-6-12(4-2)15-11-16(17(18,19)20)22-23(15)13-7-9-14(10-8-13)25(21)24/h3-11H,2,21H2,1H3/b5-3-,12-6+. The molecule has 8 heteroatoms. The van der Waals surface area contributed by atoms with E-state index >= 15 is 0 Å². The van der Waals surface area contributed by atoms with Crippen LogP contribution in [0.3, 0.4) is 0 Å². The van der Waals surface area contributed by atoms with Gasteiger partial charge in [0.25, 0.3) is 0 Å². The number of allylic oxidation sites excluding steroid dienone is 5. The van der Waals surface area contributed by atoms with E-state index in [1.54, 1.807) is 25.2 Å². The van der Waals surface area contributed by atoms with Gasteiger partial charge in [0.15, 0.2) is 5.69 Å². The largest absolute Gasteiger partial charge is 0.435 e. The van der Waals surface area contributed by atoms with Gasteiger partial charge in [-0.05, 0) is 42.8 Å². The van der Waals surface area contributed by atoms with Crippen molar-refractivity contribution >= 4 is 16.6 Å². The summed E-state index contributed by atoms with van der Waals surface area (Å²) >= 11 is 0. The molecule has 0 spiro atoms. The number of nitrogens with zero attached hydrogens (tertiary/aromatic N) is 2. The maximum Gasteiger partial charge on any atom is 0.435 e. The molecule has 0 saturated heterocycles. The van der Waals surface area contributed by atoms with Crippen LogP contribution in [0.2, 0.25) is 0 Å². The molecule has 0 amide bonds. The molecule has 1 unspecified atom stereocenters. The van der Waals surface area contributed by atoms with E-state index in [-0.39, 0.29) is 5.69 Å². The fraction of sp³-hybridized carbons (Fsp3) is 0.118. The van der Waals surface area contributed by atoms with Crippen molar-refractivity contribution in [2.45, 2.75) is 18.0 Å². The minimum Gasteiger partial charge on any atom is -0.248 e. The highest BCUT2D eigenvalue weighted by Gasteiger charge is 2.35. The first-order valence-electron chi connectivity index (χ1n) is 7.17. The molecule has 0 aliphatic heterocycles. The number of halogens is 3. The number of hydrogen-bond donors (Lipinski definition) is 1. The van der Waals surface area contributed by atoms with Gasteiger partial charge < -0.3 is 0 Å². The van der Waals surface area contributed by atoms with Crippen LogP contribution in [0.25, 0.3) is 11.3 Å². The summed E-state index contributed by atoms with van der Waals surface area (Å²) in [6.07, 6.45) is 1.97. The highest BCUT2D eigenvalue weighted by atomic mass is 32.2. The van der Waals surface area contributed by atoms with Gasteiger partial charge >= 0.3 is 6.18 Å². The zero-order chi connectivity index (χ0) is 18.6. The molecule has 0 saturated carbocycles. The Balaban J connectivity index is 2.64. The van der Waals surface area contributed by atoms with Crippen molar-refractivity contribution < 1.29 is 17.4 Å². The van der Waals surface area contributed by atoms with Crippen molar-refractivity contribution in [3.05, 3.63) is 72.6 Å². The lowest BCUT2D eigenvalue weighted by molar-refractivity contribution is -0.141. The third kappa shape index (κ3) is 4.34. The van der Waals surface area contributed by atoms with Gasteiger partial charge in [-0.3, -0.25) is 0 Å². The van der Waals surface area contributed by atoms with E-state index in [4.69, 9.17) is 5.14 Å². The average Bonchev–Trinajstić information content (AvgIpc) is 3.01. The van der Waals surface area contributed by atoms with Crippen LogP contribution in [0.4, 0.5) is 13.2 Å². The Morgan fingerprint density at radius 1 is 1.32 bits per heavy atom. The summed E-state index contributed by atoms with van der Waals surface area (Å²) in [5, 5.41) is 8.96. The number of rotatable bonds is 5. The Bertz CT molecular complexity index is 849. The molecule has 1 aromatic heterocycles. The van der Waals surface area contributed by atoms with E-state index in [1.165, 1.54) is 35.0 Å². The Kier molecular flexibility index (Phi) is 5.76. The van der Waals surface area contributed by atoms with E-state index in [0.29, 0.717) is 16.2 Å². The molecule has 0 radical (unpaired) electrons. The molecule has 1 aromatic carbocycles. The first-order valence-corrected chi connectivity index (χ1v) is 8.39. The molecule has 0 aliphatic carbocycles. The van der Waals surface area contributed by atoms with Gasteiger partial charge in [0.2, 0.25) is 0 Å². The molecule has 1 atom stereocenters. The normalized spacial score (nSPS) is 14.0. The van der Waals surface area contributed by atoms with E-state index in [0.717, 1.165) is 6.07 Å². The van der Waals surface area contributed by atoms with Crippen molar-refractivity contribution in [1.29, 1.82) is 0 Å². The van der Waals surface area contributed by atoms with Gasteiger partial charge in [-0.15, -0.1) is 0 Å². The topological polar surface area (TPSA) is 60.9 Å². The molecule has 132 valence electrons. The maximum absolute atomic E-state index is 13.1. The fourth-order valence-corrected chi connectivity index (χ4v) is 2.51. The molecular formula is C17H16F3N3OS. The van der Waals surface area contributed by atoms with Gasteiger partial charge in [-0.1, -0.05) is 30.9 Å². The Hall–Kier alpha value is -2.45. The van der Waals surface area contributed by atoms with Gasteiger partial charge in [-0.25, -0.2) is 14.0 Å². The number of benzene rings is 1. The molecule has 2 rings (SSSR count). The third-order valence-corrected chi connectivity index (χ3v) is 4.03. The van der Waals surface area contributed by atoms with Crippen LogP contribution in [0.5, 0.6) is 0 Å². The van der Waals surface area contributed by atoms with Gasteiger partial charge in [0, 0.05) is 0 Å². The van der Waals surface area contributed by atoms with Crippen LogP contribution in [0.1, 0.15) is 18.3 Å². The monoisotopic (exact) mass is 367 g/mol. The van der Waals surface area contributed by atoms with Gasteiger partial charge in [-0.2, -0.15) is 18.3 Å². The first kappa shape index (κ1) is 18.9. The second kappa shape index (κ2) is 7.62. The lowest BCUT2D eigenvalue weighted by atomic mass is 10.1. The second-order valence-corrected chi connectivity index (χ2v) is 6.03. The van der Waals surface area contributed by atoms with E-state index < -0.39 is 22.9 Å². The Labute approximate surface area is 145 Å². The predicted octanol–water partition coefficient (Wildman–Crippen LogP) is 4.02. The SMILES string of the molecule is C=C/C(=C\C=C/C)c1cc(C(F)(F)F)nn1-c1ccc(S(N)=O)cc1. The lowest BCUT2D eigenvalue weighted by Gasteiger charge is -2.08. The molecular weight excluding hydrogens is 351 g/mol. The summed E-state index contributed by atoms with van der Waals surface area (Å²) in [5.74, 6) is 0. The van der Waals surface area contributed by atoms with Crippen LogP contribution < -0.4 is 5.14 Å². The maximum atomic E-state index is 13.1. The average molecular weight is 367 g/mol. The third-order valence-electron chi connectivity index (χ3n) is 3.30. The summed E-state index contributed by atoms with van der Waals surface area (Å²) in [6, 6.07) is 6.94. The molecule has 0 bridgehead atoms. The molecule has 4 nitrogen and oxygen atoms in total. The fourth-order valence-electron chi connectivity index (χ4n) is 2.10. The van der Waals surface area contributed by atoms with Gasteiger partial charge in [0.05, 0.1) is 16.3 Å². The van der Waals surface area contributed by atoms with Crippen molar-refractivity contribution in [3.63, 3.8) is 0 Å². The summed E-state index contributed by atoms with van der Waals surface area (Å²) in [4.78, 5) is 0.363. The van der Waals surface area contributed by atoms with Crippen LogP contribution in [-0.2, 0) is 17.2 Å². The van der Waals surface area contributed by atoms with Crippen molar-refractivity contribution in [2.75, 3.05) is 0 Å².